The van der Waals surface area contributed by atoms with Gasteiger partial charge in [-0.15, -0.1) is 0 Å². The van der Waals surface area contributed by atoms with Crippen LogP contribution in [0.5, 0.6) is 5.75 Å². The molecule has 0 spiro atoms. The standard InChI is InChI=1S/C26H27F6N5O4S/c1-15-9-22(37(35-15)16-3-2-4-16)36-12-18(11-20(36)23(38)34-24(13-33)7-8-24)42(39,40)21-6-5-17(41-14-25(27,28)29)10-19(21)26(30,31)32/h5-6,9-10,16,18,20H,2-4,7-8,11-12,14H2,1H3,(H,34,38)/t18-,20+/m1/s1. The van der Waals surface area contributed by atoms with E-state index >= 15 is 0 Å². The Balaban J connectivity index is 1.51. The average Bonchev–Trinajstić information content (AvgIpc) is 3.31. The summed E-state index contributed by atoms with van der Waals surface area (Å²) in [6, 6.07) is 4.15. The smallest absolute Gasteiger partial charge is 0.422 e. The molecule has 9 nitrogen and oxygen atoms in total. The minimum absolute atomic E-state index is 0.0167. The molecule has 1 saturated heterocycles. The molecule has 2 aliphatic carbocycles. The molecule has 5 rings (SSSR count). The third kappa shape index (κ3) is 5.88. The number of sulfone groups is 1. The third-order valence-corrected chi connectivity index (χ3v) is 10.0. The van der Waals surface area contributed by atoms with Gasteiger partial charge in [0.15, 0.2) is 16.4 Å². The molecule has 2 aromatic rings. The van der Waals surface area contributed by atoms with Crippen LogP contribution in [-0.4, -0.2) is 60.3 Å². The minimum Gasteiger partial charge on any atom is -0.484 e. The van der Waals surface area contributed by atoms with E-state index in [0.29, 0.717) is 30.4 Å². The van der Waals surface area contributed by atoms with Crippen molar-refractivity contribution in [3.63, 3.8) is 0 Å². The molecule has 1 aromatic heterocycles. The van der Waals surface area contributed by atoms with Crippen molar-refractivity contribution in [2.75, 3.05) is 18.1 Å². The Morgan fingerprint density at radius 2 is 1.88 bits per heavy atom. The molecule has 42 heavy (non-hydrogen) atoms. The van der Waals surface area contributed by atoms with Gasteiger partial charge in [-0.3, -0.25) is 4.79 Å². The fourth-order valence-corrected chi connectivity index (χ4v) is 7.15. The molecule has 0 unspecified atom stereocenters. The van der Waals surface area contributed by atoms with Crippen LogP contribution in [0.2, 0.25) is 0 Å². The van der Waals surface area contributed by atoms with Crippen LogP contribution in [0.3, 0.4) is 0 Å². The first-order chi connectivity index (χ1) is 19.5. The first kappa shape index (κ1) is 30.0. The Bertz CT molecular complexity index is 1520. The summed E-state index contributed by atoms with van der Waals surface area (Å²) in [7, 11) is -4.79. The number of aromatic nitrogens is 2. The molecule has 3 fully saturated rings. The highest BCUT2D eigenvalue weighted by atomic mass is 32.2. The number of anilines is 1. The number of alkyl halides is 6. The van der Waals surface area contributed by atoms with E-state index in [0.717, 1.165) is 25.3 Å². The van der Waals surface area contributed by atoms with E-state index in [-0.39, 0.29) is 25.1 Å². The van der Waals surface area contributed by atoms with E-state index in [1.165, 1.54) is 4.90 Å². The summed E-state index contributed by atoms with van der Waals surface area (Å²) in [6.45, 7) is -0.477. The Labute approximate surface area is 237 Å². The highest BCUT2D eigenvalue weighted by Crippen LogP contribution is 2.42. The molecule has 2 heterocycles. The van der Waals surface area contributed by atoms with Crippen molar-refractivity contribution in [3.05, 3.63) is 35.5 Å². The lowest BCUT2D eigenvalue weighted by Crippen LogP contribution is -2.48. The van der Waals surface area contributed by atoms with E-state index < -0.39 is 67.7 Å². The maximum Gasteiger partial charge on any atom is 0.422 e. The molecular formula is C26H27F6N5O4S. The quantitative estimate of drug-likeness (QED) is 0.434. The summed E-state index contributed by atoms with van der Waals surface area (Å²) in [5, 5.41) is 15.2. The van der Waals surface area contributed by atoms with Gasteiger partial charge in [0, 0.05) is 12.6 Å². The Morgan fingerprint density at radius 1 is 1.19 bits per heavy atom. The van der Waals surface area contributed by atoms with Gasteiger partial charge < -0.3 is 15.0 Å². The molecular weight excluding hydrogens is 592 g/mol. The lowest BCUT2D eigenvalue weighted by atomic mass is 9.93. The number of aryl methyl sites for hydroxylation is 1. The molecule has 0 bridgehead atoms. The van der Waals surface area contributed by atoms with Gasteiger partial charge in [-0.25, -0.2) is 13.1 Å². The number of halogens is 6. The van der Waals surface area contributed by atoms with Crippen molar-refractivity contribution < 1.29 is 44.3 Å². The van der Waals surface area contributed by atoms with Crippen molar-refractivity contribution >= 4 is 21.6 Å². The number of ether oxygens (including phenoxy) is 1. The van der Waals surface area contributed by atoms with Crippen molar-refractivity contribution in [2.45, 2.75) is 85.6 Å². The second-order valence-electron chi connectivity index (χ2n) is 11.0. The zero-order valence-electron chi connectivity index (χ0n) is 22.3. The minimum atomic E-state index is -5.24. The number of benzene rings is 1. The topological polar surface area (TPSA) is 117 Å². The van der Waals surface area contributed by atoms with E-state index in [1.54, 1.807) is 17.7 Å². The maximum absolute atomic E-state index is 14.0. The number of nitriles is 1. The number of amides is 1. The predicted molar refractivity (Wildman–Crippen MR) is 135 cm³/mol. The Hall–Kier alpha value is -3.48. The maximum atomic E-state index is 14.0. The summed E-state index contributed by atoms with van der Waals surface area (Å²) in [5.41, 5.74) is -2.13. The van der Waals surface area contributed by atoms with Crippen molar-refractivity contribution in [3.8, 4) is 11.8 Å². The average molecular weight is 620 g/mol. The lowest BCUT2D eigenvalue weighted by molar-refractivity contribution is -0.153. The number of hydrogen-bond acceptors (Lipinski definition) is 7. The summed E-state index contributed by atoms with van der Waals surface area (Å²) in [6.07, 6.45) is -7.01. The Morgan fingerprint density at radius 3 is 2.43 bits per heavy atom. The number of nitrogens with one attached hydrogen (secondary N) is 1. The second kappa shape index (κ2) is 10.4. The normalized spacial score (nSPS) is 22.4. The van der Waals surface area contributed by atoms with Crippen LogP contribution < -0.4 is 15.0 Å². The van der Waals surface area contributed by atoms with Crippen molar-refractivity contribution in [1.82, 2.24) is 15.1 Å². The van der Waals surface area contributed by atoms with Crippen molar-refractivity contribution in [1.29, 1.82) is 5.26 Å². The van der Waals surface area contributed by atoms with Gasteiger partial charge in [0.2, 0.25) is 5.91 Å². The fraction of sp³-hybridized carbons (Fsp3) is 0.577. The molecule has 2 saturated carbocycles. The second-order valence-corrected chi connectivity index (χ2v) is 13.2. The fourth-order valence-electron chi connectivity index (χ4n) is 5.26. The molecule has 1 amide bonds. The van der Waals surface area contributed by atoms with Crippen LogP contribution in [0.1, 0.15) is 55.8 Å². The van der Waals surface area contributed by atoms with E-state index in [1.807, 2.05) is 6.07 Å². The molecule has 0 radical (unpaired) electrons. The molecule has 2 atom stereocenters. The van der Waals surface area contributed by atoms with E-state index in [4.69, 9.17) is 0 Å². The van der Waals surface area contributed by atoms with Gasteiger partial charge in [0.1, 0.15) is 23.1 Å². The first-order valence-corrected chi connectivity index (χ1v) is 14.8. The summed E-state index contributed by atoms with van der Waals surface area (Å²) in [5.74, 6) is -0.975. The number of carbonyl (C=O) groups is 1. The van der Waals surface area contributed by atoms with Gasteiger partial charge in [-0.2, -0.15) is 36.7 Å². The van der Waals surface area contributed by atoms with Crippen LogP contribution in [0.4, 0.5) is 32.2 Å². The number of rotatable bonds is 8. The van der Waals surface area contributed by atoms with Gasteiger partial charge in [0.25, 0.3) is 0 Å². The summed E-state index contributed by atoms with van der Waals surface area (Å²) >= 11 is 0. The number of carbonyl (C=O) groups excluding carboxylic acids is 1. The number of hydrogen-bond donors (Lipinski definition) is 1. The molecule has 3 aliphatic rings. The zero-order chi connectivity index (χ0) is 30.7. The highest BCUT2D eigenvalue weighted by Gasteiger charge is 2.51. The third-order valence-electron chi connectivity index (χ3n) is 7.85. The van der Waals surface area contributed by atoms with Gasteiger partial charge in [-0.1, -0.05) is 0 Å². The summed E-state index contributed by atoms with van der Waals surface area (Å²) < 4.78 is 113. The van der Waals surface area contributed by atoms with Gasteiger partial charge >= 0.3 is 12.4 Å². The molecule has 1 aromatic carbocycles. The van der Waals surface area contributed by atoms with E-state index in [2.05, 4.69) is 15.2 Å². The van der Waals surface area contributed by atoms with Crippen LogP contribution in [-0.2, 0) is 20.8 Å². The van der Waals surface area contributed by atoms with Crippen LogP contribution >= 0.6 is 0 Å². The van der Waals surface area contributed by atoms with Gasteiger partial charge in [-0.05, 0) is 63.6 Å². The molecule has 1 aliphatic heterocycles. The van der Waals surface area contributed by atoms with Crippen molar-refractivity contribution in [2.24, 2.45) is 0 Å². The largest absolute Gasteiger partial charge is 0.484 e. The van der Waals surface area contributed by atoms with Gasteiger partial charge in [0.05, 0.1) is 33.5 Å². The Kier molecular flexibility index (Phi) is 7.39. The first-order valence-electron chi connectivity index (χ1n) is 13.2. The molecule has 1 N–H and O–H groups in total. The monoisotopic (exact) mass is 619 g/mol. The van der Waals surface area contributed by atoms with E-state index in [9.17, 15) is 44.8 Å². The molecule has 16 heteroatoms. The highest BCUT2D eigenvalue weighted by molar-refractivity contribution is 7.92. The number of nitrogens with zero attached hydrogens (tertiary/aromatic N) is 4. The predicted octanol–water partition coefficient (Wildman–Crippen LogP) is 4.47. The summed E-state index contributed by atoms with van der Waals surface area (Å²) in [4.78, 5) is 13.8. The molecule has 228 valence electrons. The van der Waals surface area contributed by atoms with Crippen LogP contribution in [0, 0.1) is 18.3 Å². The van der Waals surface area contributed by atoms with Crippen LogP contribution in [0.25, 0.3) is 0 Å². The lowest BCUT2D eigenvalue weighted by Gasteiger charge is -2.32. The van der Waals surface area contributed by atoms with Crippen LogP contribution in [0.15, 0.2) is 29.2 Å². The zero-order valence-corrected chi connectivity index (χ0v) is 23.1. The SMILES string of the molecule is Cc1cc(N2C[C@H](S(=O)(=O)c3ccc(OCC(F)(F)F)cc3C(F)(F)F)C[C@H]2C(=O)NC2(C#N)CC2)n(C2CCC2)n1.